The molecule has 0 spiro atoms. The number of hydrogen-bond acceptors (Lipinski definition) is 3. The van der Waals surface area contributed by atoms with E-state index >= 15 is 0 Å². The van der Waals surface area contributed by atoms with Gasteiger partial charge in [0.05, 0.1) is 0 Å². The van der Waals surface area contributed by atoms with E-state index in [1.807, 2.05) is 20.8 Å². The number of carbonyl (C=O) groups excluding carboxylic acids is 1. The third kappa shape index (κ3) is 1.82. The number of fused-ring (bicyclic) bond motifs is 8. The van der Waals surface area contributed by atoms with Gasteiger partial charge in [-0.25, -0.2) is 9.59 Å². The van der Waals surface area contributed by atoms with Crippen molar-refractivity contribution >= 4 is 12.1 Å². The van der Waals surface area contributed by atoms with Crippen LogP contribution in [0.4, 0.5) is 4.79 Å². The molecule has 4 aliphatic rings. The Morgan fingerprint density at radius 2 is 1.62 bits per heavy atom. The van der Waals surface area contributed by atoms with Crippen LogP contribution >= 0.6 is 0 Å². The van der Waals surface area contributed by atoms with E-state index in [9.17, 15) is 14.7 Å². The highest BCUT2D eigenvalue weighted by molar-refractivity contribution is 5.81. The molecule has 21 heavy (non-hydrogen) atoms. The Bertz CT molecular complexity index is 511. The summed E-state index contributed by atoms with van der Waals surface area (Å²) >= 11 is 0. The maximum absolute atomic E-state index is 12.4. The van der Waals surface area contributed by atoms with Crippen LogP contribution in [-0.4, -0.2) is 40.3 Å². The Kier molecular flexibility index (Phi) is 2.51. The van der Waals surface area contributed by atoms with Gasteiger partial charge in [-0.15, -0.1) is 0 Å². The van der Waals surface area contributed by atoms with Gasteiger partial charge in [-0.3, -0.25) is 4.90 Å². The molecule has 0 unspecified atom stereocenters. The number of likely N-dealkylation sites (tertiary alicyclic amines) is 1. The van der Waals surface area contributed by atoms with E-state index in [1.54, 1.807) is 0 Å². The molecule has 5 heteroatoms. The van der Waals surface area contributed by atoms with Gasteiger partial charge in [-0.1, -0.05) is 0 Å². The predicted octanol–water partition coefficient (Wildman–Crippen LogP) is 2.21. The summed E-state index contributed by atoms with van der Waals surface area (Å²) in [6.45, 7) is 6.02. The zero-order valence-electron chi connectivity index (χ0n) is 12.8. The molecule has 4 fully saturated rings. The van der Waals surface area contributed by atoms with Crippen LogP contribution in [0.25, 0.3) is 0 Å². The van der Waals surface area contributed by atoms with E-state index < -0.39 is 23.7 Å². The van der Waals surface area contributed by atoms with Crippen molar-refractivity contribution in [1.82, 2.24) is 4.90 Å². The molecule has 3 saturated carbocycles. The number of amides is 1. The fraction of sp³-hybridized carbons (Fsp3) is 0.875. The summed E-state index contributed by atoms with van der Waals surface area (Å²) in [6, 6.07) is -0.679. The minimum Gasteiger partial charge on any atom is -0.480 e. The predicted molar refractivity (Wildman–Crippen MR) is 74.5 cm³/mol. The minimum atomic E-state index is -0.863. The van der Waals surface area contributed by atoms with E-state index in [1.165, 1.54) is 17.7 Å². The van der Waals surface area contributed by atoms with Crippen molar-refractivity contribution in [2.45, 2.75) is 45.3 Å². The second-order valence-corrected chi connectivity index (χ2v) is 8.28. The zero-order valence-corrected chi connectivity index (χ0v) is 12.8. The van der Waals surface area contributed by atoms with Gasteiger partial charge in [0, 0.05) is 6.54 Å². The highest BCUT2D eigenvalue weighted by atomic mass is 16.6. The molecule has 116 valence electrons. The molecular formula is C16H23NO4. The van der Waals surface area contributed by atoms with Crippen LogP contribution in [-0.2, 0) is 9.53 Å². The van der Waals surface area contributed by atoms with Gasteiger partial charge >= 0.3 is 12.1 Å². The van der Waals surface area contributed by atoms with Crippen molar-refractivity contribution in [3.8, 4) is 0 Å². The van der Waals surface area contributed by atoms with E-state index in [4.69, 9.17) is 4.74 Å². The quantitative estimate of drug-likeness (QED) is 0.805. The number of hydrogen-bond donors (Lipinski definition) is 1. The number of aliphatic carboxylic acids is 1. The van der Waals surface area contributed by atoms with Crippen LogP contribution in [0.3, 0.4) is 0 Å². The Morgan fingerprint density at radius 1 is 1.05 bits per heavy atom. The van der Waals surface area contributed by atoms with Gasteiger partial charge in [0.25, 0.3) is 0 Å². The number of carboxylic acid groups (broad SMARTS) is 1. The van der Waals surface area contributed by atoms with E-state index in [0.717, 1.165) is 11.8 Å². The summed E-state index contributed by atoms with van der Waals surface area (Å²) in [5, 5.41) is 9.66. The van der Waals surface area contributed by atoms with Crippen molar-refractivity contribution in [3.63, 3.8) is 0 Å². The lowest BCUT2D eigenvalue weighted by Gasteiger charge is -2.30. The van der Waals surface area contributed by atoms with Crippen molar-refractivity contribution in [1.29, 1.82) is 0 Å². The zero-order chi connectivity index (χ0) is 15.1. The van der Waals surface area contributed by atoms with Crippen LogP contribution in [0.1, 0.15) is 33.6 Å². The molecule has 0 aromatic carbocycles. The van der Waals surface area contributed by atoms with Gasteiger partial charge < -0.3 is 9.84 Å². The molecule has 1 amide bonds. The number of nitrogens with zero attached hydrogens (tertiary/aromatic N) is 1. The smallest absolute Gasteiger partial charge is 0.411 e. The molecule has 0 aromatic heterocycles. The summed E-state index contributed by atoms with van der Waals surface area (Å²) in [5.74, 6) is 2.42. The van der Waals surface area contributed by atoms with Gasteiger partial charge in [0.2, 0.25) is 0 Å². The minimum absolute atomic E-state index is 0.156. The first kappa shape index (κ1) is 13.4. The number of rotatable bonds is 1. The van der Waals surface area contributed by atoms with Crippen LogP contribution < -0.4 is 0 Å². The first-order valence-electron chi connectivity index (χ1n) is 8.00. The summed E-state index contributed by atoms with van der Waals surface area (Å²) in [4.78, 5) is 25.6. The van der Waals surface area contributed by atoms with Crippen LogP contribution in [0.2, 0.25) is 0 Å². The van der Waals surface area contributed by atoms with E-state index in [-0.39, 0.29) is 5.92 Å². The summed E-state index contributed by atoms with van der Waals surface area (Å²) < 4.78 is 5.42. The topological polar surface area (TPSA) is 66.8 Å². The van der Waals surface area contributed by atoms with Crippen molar-refractivity contribution in [2.75, 3.05) is 6.54 Å². The molecule has 3 aliphatic carbocycles. The lowest BCUT2D eigenvalue weighted by molar-refractivity contribution is -0.144. The Balaban J connectivity index is 1.59. The molecule has 0 radical (unpaired) electrons. The van der Waals surface area contributed by atoms with Gasteiger partial charge in [0.1, 0.15) is 11.6 Å². The Morgan fingerprint density at radius 3 is 2.24 bits per heavy atom. The second kappa shape index (κ2) is 3.93. The monoisotopic (exact) mass is 293 g/mol. The molecule has 4 rings (SSSR count). The normalized spacial score (nSPS) is 46.2. The van der Waals surface area contributed by atoms with Crippen LogP contribution in [0, 0.1) is 35.5 Å². The Hall–Kier alpha value is -1.26. The fourth-order valence-electron chi connectivity index (χ4n) is 5.50. The highest BCUT2D eigenvalue weighted by Gasteiger charge is 2.70. The lowest BCUT2D eigenvalue weighted by atomic mass is 9.78. The van der Waals surface area contributed by atoms with Gasteiger partial charge in [0.15, 0.2) is 0 Å². The Labute approximate surface area is 124 Å². The SMILES string of the molecule is CC(C)(C)OC(=O)N1C[C@@H]2[C@H]3C[C@H]([C@@H]4C[C@@H]43)[C@@H]2[C@H]1C(=O)O. The summed E-state index contributed by atoms with van der Waals surface area (Å²) in [7, 11) is 0. The van der Waals surface area contributed by atoms with E-state index in [0.29, 0.717) is 24.3 Å². The number of carboxylic acids is 1. The molecule has 1 saturated heterocycles. The first-order valence-corrected chi connectivity index (χ1v) is 8.00. The molecule has 1 heterocycles. The van der Waals surface area contributed by atoms with Gasteiger partial charge in [-0.05, 0) is 69.1 Å². The highest BCUT2D eigenvalue weighted by Crippen LogP contribution is 2.71. The molecule has 0 aromatic rings. The standard InChI is InChI=1S/C16H23NO4/c1-16(2,3)21-15(20)17-6-11-9-5-10(8-4-7(8)9)12(11)13(17)14(18)19/h7-13H,4-6H2,1-3H3,(H,18,19)/t7-,8+,9-,10+,11+,12-,13-/m0/s1. The maximum atomic E-state index is 12.4. The van der Waals surface area contributed by atoms with E-state index in [2.05, 4.69) is 0 Å². The van der Waals surface area contributed by atoms with Crippen LogP contribution in [0.5, 0.6) is 0 Å². The first-order chi connectivity index (χ1) is 9.78. The molecule has 7 atom stereocenters. The van der Waals surface area contributed by atoms with Crippen molar-refractivity contribution in [2.24, 2.45) is 35.5 Å². The largest absolute Gasteiger partial charge is 0.480 e. The molecule has 5 nitrogen and oxygen atoms in total. The summed E-state index contributed by atoms with van der Waals surface area (Å²) in [6.07, 6.45) is 2.02. The van der Waals surface area contributed by atoms with Crippen molar-refractivity contribution < 1.29 is 19.4 Å². The molecular weight excluding hydrogens is 270 g/mol. The fourth-order valence-corrected chi connectivity index (χ4v) is 5.50. The number of ether oxygens (including phenoxy) is 1. The lowest BCUT2D eigenvalue weighted by Crippen LogP contribution is -2.46. The van der Waals surface area contributed by atoms with Crippen molar-refractivity contribution in [3.05, 3.63) is 0 Å². The summed E-state index contributed by atoms with van der Waals surface area (Å²) in [5.41, 5.74) is -0.584. The number of carbonyl (C=O) groups is 2. The van der Waals surface area contributed by atoms with Crippen LogP contribution in [0.15, 0.2) is 0 Å². The van der Waals surface area contributed by atoms with Gasteiger partial charge in [-0.2, -0.15) is 0 Å². The third-order valence-electron chi connectivity index (χ3n) is 6.06. The second-order valence-electron chi connectivity index (χ2n) is 8.28. The average molecular weight is 293 g/mol. The maximum Gasteiger partial charge on any atom is 0.411 e. The average Bonchev–Trinajstić information content (AvgIpc) is 2.78. The third-order valence-corrected chi connectivity index (χ3v) is 6.06. The molecule has 1 N–H and O–H groups in total. The molecule has 1 aliphatic heterocycles. The molecule has 2 bridgehead atoms.